The van der Waals surface area contributed by atoms with E-state index < -0.39 is 18.5 Å². The molecule has 152 valence electrons. The zero-order valence-electron chi connectivity index (χ0n) is 16.7. The number of ether oxygens (including phenoxy) is 1. The van der Waals surface area contributed by atoms with E-state index in [0.29, 0.717) is 5.69 Å². The fourth-order valence-corrected chi connectivity index (χ4v) is 2.78. The summed E-state index contributed by atoms with van der Waals surface area (Å²) in [6, 6.07) is 13.3. The third-order valence-electron chi connectivity index (χ3n) is 4.20. The lowest BCUT2D eigenvalue weighted by atomic mass is 10.1. The molecule has 0 aliphatic heterocycles. The van der Waals surface area contributed by atoms with Gasteiger partial charge in [0, 0.05) is 16.7 Å². The first-order valence-electron chi connectivity index (χ1n) is 9.00. The summed E-state index contributed by atoms with van der Waals surface area (Å²) in [5.74, 6) is -1.53. The van der Waals surface area contributed by atoms with Crippen molar-refractivity contribution in [1.82, 2.24) is 5.32 Å². The molecule has 0 aliphatic carbocycles. The van der Waals surface area contributed by atoms with Crippen LogP contribution >= 0.6 is 11.8 Å². The van der Waals surface area contributed by atoms with Gasteiger partial charge in [-0.05, 0) is 61.1 Å². The number of carbonyl (C=O) groups excluding carboxylic acids is 3. The zero-order chi connectivity index (χ0) is 21.2. The maximum atomic E-state index is 12.0. The molecule has 2 N–H and O–H groups in total. The van der Waals surface area contributed by atoms with E-state index in [-0.39, 0.29) is 12.5 Å². The Balaban J connectivity index is 1.71. The lowest BCUT2D eigenvalue weighted by Crippen LogP contribution is -2.35. The second kappa shape index (κ2) is 11.1. The molecule has 0 bridgehead atoms. The molecule has 0 saturated heterocycles. The summed E-state index contributed by atoms with van der Waals surface area (Å²) in [7, 11) is 0. The van der Waals surface area contributed by atoms with Crippen LogP contribution in [-0.2, 0) is 19.1 Å². The van der Waals surface area contributed by atoms with Crippen LogP contribution in [0.1, 0.15) is 16.7 Å². The number of benzene rings is 2. The third-order valence-corrected chi connectivity index (χ3v) is 4.94. The maximum Gasteiger partial charge on any atom is 0.331 e. The van der Waals surface area contributed by atoms with E-state index in [0.717, 1.165) is 21.6 Å². The molecule has 0 aliphatic rings. The lowest BCUT2D eigenvalue weighted by molar-refractivity contribution is -0.143. The summed E-state index contributed by atoms with van der Waals surface area (Å²) in [5, 5.41) is 5.17. The van der Waals surface area contributed by atoms with Crippen LogP contribution in [0.3, 0.4) is 0 Å². The molecule has 29 heavy (non-hydrogen) atoms. The van der Waals surface area contributed by atoms with Crippen LogP contribution in [0.4, 0.5) is 5.69 Å². The van der Waals surface area contributed by atoms with Crippen molar-refractivity contribution in [1.29, 1.82) is 0 Å². The van der Waals surface area contributed by atoms with Crippen LogP contribution in [0.2, 0.25) is 0 Å². The standard InChI is InChI=1S/C22H24N2O4S/c1-15-5-4-6-19(16(15)2)24-20(25)13-23-21(26)14-28-22(27)12-9-17-7-10-18(29-3)11-8-17/h4-12H,13-14H2,1-3H3,(H,23,26)(H,24,25)/b12-9+. The number of amides is 2. The molecule has 0 aromatic heterocycles. The molecular weight excluding hydrogens is 388 g/mol. The van der Waals surface area contributed by atoms with Crippen LogP contribution < -0.4 is 10.6 Å². The normalized spacial score (nSPS) is 10.6. The fraction of sp³-hybridized carbons (Fsp3) is 0.227. The number of hydrogen-bond acceptors (Lipinski definition) is 5. The predicted octanol–water partition coefficient (Wildman–Crippen LogP) is 3.34. The third kappa shape index (κ3) is 7.46. The minimum atomic E-state index is -0.631. The van der Waals surface area contributed by atoms with E-state index in [1.54, 1.807) is 23.9 Å². The van der Waals surface area contributed by atoms with Gasteiger partial charge in [0.15, 0.2) is 6.61 Å². The van der Waals surface area contributed by atoms with Gasteiger partial charge in [-0.25, -0.2) is 4.79 Å². The Bertz CT molecular complexity index is 908. The predicted molar refractivity (Wildman–Crippen MR) is 116 cm³/mol. The Morgan fingerprint density at radius 2 is 1.76 bits per heavy atom. The van der Waals surface area contributed by atoms with Gasteiger partial charge in [0.2, 0.25) is 5.91 Å². The molecule has 0 radical (unpaired) electrons. The molecule has 2 aromatic rings. The zero-order valence-corrected chi connectivity index (χ0v) is 17.5. The van der Waals surface area contributed by atoms with Crippen LogP contribution in [-0.4, -0.2) is 37.2 Å². The smallest absolute Gasteiger partial charge is 0.331 e. The van der Waals surface area contributed by atoms with Crippen molar-refractivity contribution in [3.8, 4) is 0 Å². The quantitative estimate of drug-likeness (QED) is 0.395. The van der Waals surface area contributed by atoms with Gasteiger partial charge in [-0.1, -0.05) is 24.3 Å². The number of anilines is 1. The number of aryl methyl sites for hydroxylation is 1. The summed E-state index contributed by atoms with van der Waals surface area (Å²) in [4.78, 5) is 36.6. The largest absolute Gasteiger partial charge is 0.452 e. The SMILES string of the molecule is CSc1ccc(/C=C/C(=O)OCC(=O)NCC(=O)Nc2cccc(C)c2C)cc1. The highest BCUT2D eigenvalue weighted by Crippen LogP contribution is 2.17. The van der Waals surface area contributed by atoms with Gasteiger partial charge < -0.3 is 15.4 Å². The summed E-state index contributed by atoms with van der Waals surface area (Å²) in [6.45, 7) is 3.20. The van der Waals surface area contributed by atoms with E-state index in [4.69, 9.17) is 4.74 Å². The van der Waals surface area contributed by atoms with Crippen molar-refractivity contribution in [3.63, 3.8) is 0 Å². The highest BCUT2D eigenvalue weighted by Gasteiger charge is 2.09. The summed E-state index contributed by atoms with van der Waals surface area (Å²) in [5.41, 5.74) is 3.58. The number of esters is 1. The van der Waals surface area contributed by atoms with Crippen molar-refractivity contribution >= 4 is 41.3 Å². The first-order valence-corrected chi connectivity index (χ1v) is 10.2. The summed E-state index contributed by atoms with van der Waals surface area (Å²) in [6.07, 6.45) is 4.86. The molecule has 2 rings (SSSR count). The minimum Gasteiger partial charge on any atom is -0.452 e. The minimum absolute atomic E-state index is 0.207. The number of nitrogens with one attached hydrogen (secondary N) is 2. The first kappa shape index (κ1) is 22.2. The van der Waals surface area contributed by atoms with Gasteiger partial charge in [-0.2, -0.15) is 0 Å². The highest BCUT2D eigenvalue weighted by molar-refractivity contribution is 7.98. The average molecular weight is 413 g/mol. The van der Waals surface area contributed by atoms with Crippen molar-refractivity contribution < 1.29 is 19.1 Å². The Morgan fingerprint density at radius 1 is 1.03 bits per heavy atom. The van der Waals surface area contributed by atoms with Gasteiger partial charge in [-0.3, -0.25) is 9.59 Å². The van der Waals surface area contributed by atoms with E-state index in [1.165, 1.54) is 6.08 Å². The molecule has 0 spiro atoms. The van der Waals surface area contributed by atoms with E-state index in [9.17, 15) is 14.4 Å². The lowest BCUT2D eigenvalue weighted by Gasteiger charge is -2.11. The number of carbonyl (C=O) groups is 3. The molecule has 0 saturated carbocycles. The molecule has 0 heterocycles. The molecule has 2 aromatic carbocycles. The number of hydrogen-bond donors (Lipinski definition) is 2. The monoisotopic (exact) mass is 412 g/mol. The number of rotatable bonds is 8. The van der Waals surface area contributed by atoms with E-state index in [1.807, 2.05) is 56.5 Å². The van der Waals surface area contributed by atoms with E-state index in [2.05, 4.69) is 10.6 Å². The van der Waals surface area contributed by atoms with Gasteiger partial charge in [-0.15, -0.1) is 11.8 Å². The van der Waals surface area contributed by atoms with Crippen molar-refractivity contribution in [3.05, 3.63) is 65.2 Å². The van der Waals surface area contributed by atoms with Crippen molar-refractivity contribution in [2.45, 2.75) is 18.7 Å². The molecule has 0 atom stereocenters. The average Bonchev–Trinajstić information content (AvgIpc) is 2.73. The highest BCUT2D eigenvalue weighted by atomic mass is 32.2. The summed E-state index contributed by atoms with van der Waals surface area (Å²) >= 11 is 1.63. The van der Waals surface area contributed by atoms with Crippen molar-refractivity contribution in [2.24, 2.45) is 0 Å². The molecular formula is C22H24N2O4S. The fourth-order valence-electron chi connectivity index (χ4n) is 2.37. The van der Waals surface area contributed by atoms with Gasteiger partial charge in [0.05, 0.1) is 6.54 Å². The Kier molecular flexibility index (Phi) is 8.48. The molecule has 0 fully saturated rings. The Labute approximate surface area is 174 Å². The van der Waals surface area contributed by atoms with Crippen molar-refractivity contribution in [2.75, 3.05) is 24.7 Å². The maximum absolute atomic E-state index is 12.0. The second-order valence-electron chi connectivity index (χ2n) is 6.29. The van der Waals surface area contributed by atoms with Crippen LogP contribution in [0.15, 0.2) is 53.4 Å². The van der Waals surface area contributed by atoms with Crippen LogP contribution in [0.25, 0.3) is 6.08 Å². The molecule has 7 heteroatoms. The van der Waals surface area contributed by atoms with Crippen LogP contribution in [0, 0.1) is 13.8 Å². The van der Waals surface area contributed by atoms with Gasteiger partial charge >= 0.3 is 5.97 Å². The topological polar surface area (TPSA) is 84.5 Å². The van der Waals surface area contributed by atoms with Gasteiger partial charge in [0.25, 0.3) is 5.91 Å². The molecule has 6 nitrogen and oxygen atoms in total. The molecule has 0 unspecified atom stereocenters. The Hall–Kier alpha value is -3.06. The molecule has 2 amide bonds. The van der Waals surface area contributed by atoms with Crippen LogP contribution in [0.5, 0.6) is 0 Å². The summed E-state index contributed by atoms with van der Waals surface area (Å²) < 4.78 is 4.88. The second-order valence-corrected chi connectivity index (χ2v) is 7.17. The first-order chi connectivity index (χ1) is 13.9. The van der Waals surface area contributed by atoms with Gasteiger partial charge in [0.1, 0.15) is 0 Å². The Morgan fingerprint density at radius 3 is 2.45 bits per heavy atom. The van der Waals surface area contributed by atoms with E-state index >= 15 is 0 Å². The number of thioether (sulfide) groups is 1.